The van der Waals surface area contributed by atoms with E-state index in [0.717, 1.165) is 0 Å². The van der Waals surface area contributed by atoms with Gasteiger partial charge in [-0.05, 0) is 12.1 Å². The van der Waals surface area contributed by atoms with Crippen LogP contribution in [0, 0.1) is 5.82 Å². The molecule has 0 saturated carbocycles. The van der Waals surface area contributed by atoms with Gasteiger partial charge in [0.15, 0.2) is 17.3 Å². The van der Waals surface area contributed by atoms with E-state index in [9.17, 15) is 9.18 Å². The molecule has 6 heteroatoms. The number of halogens is 1. The quantitative estimate of drug-likeness (QED) is 0.785. The summed E-state index contributed by atoms with van der Waals surface area (Å²) < 4.78 is 18.3. The predicted octanol–water partition coefficient (Wildman–Crippen LogP) is 1.41. The number of aromatic carboxylic acids is 1. The second-order valence-electron chi connectivity index (χ2n) is 2.88. The van der Waals surface area contributed by atoms with E-state index in [4.69, 9.17) is 9.84 Å². The molecule has 2 aromatic rings. The number of nitrogens with one attached hydrogen (secondary N) is 1. The molecule has 5 nitrogen and oxygen atoms in total. The van der Waals surface area contributed by atoms with Gasteiger partial charge >= 0.3 is 5.97 Å². The number of benzene rings is 1. The summed E-state index contributed by atoms with van der Waals surface area (Å²) in [5.41, 5.74) is -0.168. The molecule has 0 aliphatic heterocycles. The van der Waals surface area contributed by atoms with Crippen molar-refractivity contribution in [3.63, 3.8) is 0 Å². The maximum absolute atomic E-state index is 13.6. The monoisotopic (exact) mass is 210 g/mol. The number of aromatic amines is 1. The number of ether oxygens (including phenoxy) is 1. The van der Waals surface area contributed by atoms with Crippen molar-refractivity contribution in [3.05, 3.63) is 23.6 Å². The Morgan fingerprint density at radius 1 is 1.60 bits per heavy atom. The first-order valence-electron chi connectivity index (χ1n) is 4.09. The van der Waals surface area contributed by atoms with E-state index in [1.807, 2.05) is 0 Å². The molecule has 0 aliphatic carbocycles. The predicted molar refractivity (Wildman–Crippen MR) is 49.6 cm³/mol. The second kappa shape index (κ2) is 3.23. The van der Waals surface area contributed by atoms with Crippen molar-refractivity contribution >= 4 is 16.9 Å². The fraction of sp³-hybridized carbons (Fsp3) is 0.111. The van der Waals surface area contributed by atoms with Crippen LogP contribution in [0.3, 0.4) is 0 Å². The van der Waals surface area contributed by atoms with Crippen LogP contribution in [0.1, 0.15) is 10.5 Å². The largest absolute Gasteiger partial charge is 0.494 e. The summed E-state index contributed by atoms with van der Waals surface area (Å²) in [4.78, 5) is 10.7. The maximum atomic E-state index is 13.6. The van der Waals surface area contributed by atoms with E-state index in [1.165, 1.54) is 19.2 Å². The lowest BCUT2D eigenvalue weighted by Crippen LogP contribution is -1.96. The molecular formula is C9H7FN2O3. The van der Waals surface area contributed by atoms with Crippen LogP contribution in [0.15, 0.2) is 12.1 Å². The van der Waals surface area contributed by atoms with Gasteiger partial charge in [0.2, 0.25) is 0 Å². The Morgan fingerprint density at radius 2 is 2.33 bits per heavy atom. The summed E-state index contributed by atoms with van der Waals surface area (Å²) >= 11 is 0. The topological polar surface area (TPSA) is 75.2 Å². The fourth-order valence-corrected chi connectivity index (χ4v) is 1.36. The van der Waals surface area contributed by atoms with Gasteiger partial charge in [-0.1, -0.05) is 0 Å². The first-order valence-corrected chi connectivity index (χ1v) is 4.09. The first-order chi connectivity index (χ1) is 7.15. The van der Waals surface area contributed by atoms with Crippen LogP contribution < -0.4 is 4.74 Å². The number of H-pyrrole nitrogens is 1. The van der Waals surface area contributed by atoms with Gasteiger partial charge in [-0.15, -0.1) is 0 Å². The van der Waals surface area contributed by atoms with E-state index in [-0.39, 0.29) is 22.3 Å². The molecule has 2 rings (SSSR count). The molecule has 0 atom stereocenters. The number of carboxylic acids is 1. The fourth-order valence-electron chi connectivity index (χ4n) is 1.36. The first kappa shape index (κ1) is 9.45. The molecule has 0 aliphatic rings. The van der Waals surface area contributed by atoms with Crippen LogP contribution in [-0.4, -0.2) is 28.4 Å². The molecule has 2 N–H and O–H groups in total. The molecule has 0 unspecified atom stereocenters. The van der Waals surface area contributed by atoms with Crippen molar-refractivity contribution in [2.45, 2.75) is 0 Å². The lowest BCUT2D eigenvalue weighted by atomic mass is 10.2. The minimum atomic E-state index is -1.20. The smallest absolute Gasteiger partial charge is 0.357 e. The SMILES string of the molecule is COc1ccc2c(C(=O)O)n[nH]c2c1F. The van der Waals surface area contributed by atoms with Crippen molar-refractivity contribution in [2.75, 3.05) is 7.11 Å². The van der Waals surface area contributed by atoms with Crippen LogP contribution in [0.5, 0.6) is 5.75 Å². The van der Waals surface area contributed by atoms with Gasteiger partial charge in [-0.25, -0.2) is 9.18 Å². The van der Waals surface area contributed by atoms with Crippen molar-refractivity contribution in [3.8, 4) is 5.75 Å². The van der Waals surface area contributed by atoms with Crippen LogP contribution in [0.2, 0.25) is 0 Å². The number of hydrogen-bond acceptors (Lipinski definition) is 3. The second-order valence-corrected chi connectivity index (χ2v) is 2.88. The van der Waals surface area contributed by atoms with Gasteiger partial charge < -0.3 is 9.84 Å². The Bertz CT molecular complexity index is 535. The Kier molecular flexibility index (Phi) is 2.03. The average molecular weight is 210 g/mol. The summed E-state index contributed by atoms with van der Waals surface area (Å²) in [5.74, 6) is -1.80. The number of fused-ring (bicyclic) bond motifs is 1. The number of carbonyl (C=O) groups is 1. The van der Waals surface area contributed by atoms with Crippen molar-refractivity contribution < 1.29 is 19.0 Å². The van der Waals surface area contributed by atoms with Gasteiger partial charge in [0.25, 0.3) is 0 Å². The number of nitrogens with zero attached hydrogens (tertiary/aromatic N) is 1. The highest BCUT2D eigenvalue weighted by atomic mass is 19.1. The number of carboxylic acid groups (broad SMARTS) is 1. The molecule has 15 heavy (non-hydrogen) atoms. The Morgan fingerprint density at radius 3 is 2.93 bits per heavy atom. The summed E-state index contributed by atoms with van der Waals surface area (Å²) in [6.45, 7) is 0. The average Bonchev–Trinajstić information content (AvgIpc) is 2.62. The van der Waals surface area contributed by atoms with Crippen molar-refractivity contribution in [1.29, 1.82) is 0 Å². The Labute approximate surface area is 83.5 Å². The molecule has 1 aromatic carbocycles. The maximum Gasteiger partial charge on any atom is 0.357 e. The summed E-state index contributed by atoms with van der Waals surface area (Å²) in [7, 11) is 1.33. The molecule has 0 amide bonds. The molecule has 0 bridgehead atoms. The van der Waals surface area contributed by atoms with E-state index >= 15 is 0 Å². The van der Waals surface area contributed by atoms with Gasteiger partial charge in [-0.2, -0.15) is 5.10 Å². The lowest BCUT2D eigenvalue weighted by Gasteiger charge is -2.00. The van der Waals surface area contributed by atoms with Crippen LogP contribution in [-0.2, 0) is 0 Å². The normalized spacial score (nSPS) is 10.5. The minimum Gasteiger partial charge on any atom is -0.494 e. The minimum absolute atomic E-state index is 0.0340. The highest BCUT2D eigenvalue weighted by molar-refractivity contribution is 6.01. The van der Waals surface area contributed by atoms with Gasteiger partial charge in [0.05, 0.1) is 7.11 Å². The van der Waals surface area contributed by atoms with Crippen LogP contribution in [0.4, 0.5) is 4.39 Å². The number of aromatic nitrogens is 2. The van der Waals surface area contributed by atoms with E-state index < -0.39 is 11.8 Å². The molecule has 78 valence electrons. The van der Waals surface area contributed by atoms with E-state index in [1.54, 1.807) is 0 Å². The zero-order valence-corrected chi connectivity index (χ0v) is 7.74. The third kappa shape index (κ3) is 1.30. The van der Waals surface area contributed by atoms with Gasteiger partial charge in [0.1, 0.15) is 5.52 Å². The van der Waals surface area contributed by atoms with Gasteiger partial charge in [0, 0.05) is 5.39 Å². The summed E-state index contributed by atoms with van der Waals surface area (Å²) in [6, 6.07) is 2.81. The lowest BCUT2D eigenvalue weighted by molar-refractivity contribution is 0.0692. The number of methoxy groups -OCH3 is 1. The van der Waals surface area contributed by atoms with Crippen molar-refractivity contribution in [1.82, 2.24) is 10.2 Å². The third-order valence-corrected chi connectivity index (χ3v) is 2.06. The van der Waals surface area contributed by atoms with Crippen LogP contribution >= 0.6 is 0 Å². The summed E-state index contributed by atoms with van der Waals surface area (Å²) in [6.07, 6.45) is 0. The van der Waals surface area contributed by atoms with Crippen LogP contribution in [0.25, 0.3) is 10.9 Å². The van der Waals surface area contributed by atoms with Crippen molar-refractivity contribution in [2.24, 2.45) is 0 Å². The third-order valence-electron chi connectivity index (χ3n) is 2.06. The van der Waals surface area contributed by atoms with E-state index in [0.29, 0.717) is 0 Å². The highest BCUT2D eigenvalue weighted by Crippen LogP contribution is 2.26. The summed E-state index contributed by atoms with van der Waals surface area (Å²) in [5, 5.41) is 14.8. The molecule has 1 heterocycles. The molecular weight excluding hydrogens is 203 g/mol. The van der Waals surface area contributed by atoms with E-state index in [2.05, 4.69) is 10.2 Å². The zero-order valence-electron chi connectivity index (χ0n) is 7.74. The molecule has 0 radical (unpaired) electrons. The zero-order chi connectivity index (χ0) is 11.0. The Hall–Kier alpha value is -2.11. The highest BCUT2D eigenvalue weighted by Gasteiger charge is 2.17. The number of rotatable bonds is 2. The standard InChI is InChI=1S/C9H7FN2O3/c1-15-5-3-2-4-7(6(5)10)11-12-8(4)9(13)14/h2-3H,1H3,(H,11,12)(H,13,14). The molecule has 0 fully saturated rings. The molecule has 0 spiro atoms. The number of hydrogen-bond donors (Lipinski definition) is 2. The molecule has 1 aromatic heterocycles. The molecule has 0 saturated heterocycles. The van der Waals surface area contributed by atoms with Gasteiger partial charge in [-0.3, -0.25) is 5.10 Å². The Balaban J connectivity index is 2.76.